The van der Waals surface area contributed by atoms with Gasteiger partial charge < -0.3 is 15.0 Å². The van der Waals surface area contributed by atoms with Gasteiger partial charge in [-0.1, -0.05) is 24.3 Å². The fourth-order valence-corrected chi connectivity index (χ4v) is 2.66. The number of carbonyl (C=O) groups is 2. The van der Waals surface area contributed by atoms with E-state index in [0.717, 1.165) is 17.0 Å². The average Bonchev–Trinajstić information content (AvgIpc) is 2.75. The maximum Gasteiger partial charge on any atom is 0.251 e. The van der Waals surface area contributed by atoms with Crippen molar-refractivity contribution < 1.29 is 14.3 Å². The Morgan fingerprint density at radius 2 is 2.00 bits per heavy atom. The Hall–Kier alpha value is -2.82. The lowest BCUT2D eigenvalue weighted by Crippen LogP contribution is -2.26. The third kappa shape index (κ3) is 3.56. The first kappa shape index (κ1) is 16.1. The molecule has 1 N–H and O–H groups in total. The number of hydrogen-bond donors (Lipinski definition) is 1. The summed E-state index contributed by atoms with van der Waals surface area (Å²) < 4.78 is 5.61. The second kappa shape index (κ2) is 7.17. The van der Waals surface area contributed by atoms with E-state index >= 15 is 0 Å². The number of fused-ring (bicyclic) bond motifs is 1. The zero-order chi connectivity index (χ0) is 16.9. The number of nitrogens with zero attached hydrogens (tertiary/aromatic N) is 1. The van der Waals surface area contributed by atoms with Crippen molar-refractivity contribution in [2.45, 2.75) is 12.8 Å². The third-order valence-electron chi connectivity index (χ3n) is 4.07. The topological polar surface area (TPSA) is 58.6 Å². The number of nitrogens with one attached hydrogen (secondary N) is 1. The number of hydrogen-bond acceptors (Lipinski definition) is 3. The summed E-state index contributed by atoms with van der Waals surface area (Å²) in [7, 11) is 1.76. The minimum atomic E-state index is -0.0824. The summed E-state index contributed by atoms with van der Waals surface area (Å²) in [5.74, 6) is 0.685. The van der Waals surface area contributed by atoms with Gasteiger partial charge in [0.1, 0.15) is 5.75 Å². The van der Waals surface area contributed by atoms with E-state index in [4.69, 9.17) is 4.74 Å². The van der Waals surface area contributed by atoms with Crippen LogP contribution in [0.5, 0.6) is 5.75 Å². The zero-order valence-electron chi connectivity index (χ0n) is 13.6. The highest BCUT2D eigenvalue weighted by Gasteiger charge is 2.20. The molecule has 2 amide bonds. The number of amides is 2. The molecule has 0 saturated heterocycles. The van der Waals surface area contributed by atoms with Crippen molar-refractivity contribution in [2.75, 3.05) is 25.1 Å². The number of benzene rings is 2. The molecule has 2 aromatic rings. The number of rotatable bonds is 4. The van der Waals surface area contributed by atoms with E-state index in [1.54, 1.807) is 24.1 Å². The molecule has 0 aliphatic carbocycles. The summed E-state index contributed by atoms with van der Waals surface area (Å²) in [6.45, 7) is 0.938. The first-order valence-corrected chi connectivity index (χ1v) is 8.00. The molecule has 0 aromatic heterocycles. The van der Waals surface area contributed by atoms with E-state index in [1.165, 1.54) is 0 Å². The molecule has 0 saturated carbocycles. The SMILES string of the molecule is CN1C(=O)CCOc2ccc(CCNC(=O)c3ccccc3)cc21. The van der Waals surface area contributed by atoms with Crippen LogP contribution in [0, 0.1) is 0 Å². The highest BCUT2D eigenvalue weighted by molar-refractivity contribution is 5.95. The van der Waals surface area contributed by atoms with E-state index in [9.17, 15) is 9.59 Å². The minimum absolute atomic E-state index is 0.0447. The van der Waals surface area contributed by atoms with Crippen LogP contribution in [0.1, 0.15) is 22.3 Å². The Labute approximate surface area is 141 Å². The van der Waals surface area contributed by atoms with Crippen LogP contribution in [-0.2, 0) is 11.2 Å². The summed E-state index contributed by atoms with van der Waals surface area (Å²) in [6.07, 6.45) is 1.07. The molecular weight excluding hydrogens is 304 g/mol. The summed E-state index contributed by atoms with van der Waals surface area (Å²) in [4.78, 5) is 25.6. The largest absolute Gasteiger partial charge is 0.491 e. The lowest BCUT2D eigenvalue weighted by atomic mass is 10.1. The fourth-order valence-electron chi connectivity index (χ4n) is 2.66. The monoisotopic (exact) mass is 324 g/mol. The van der Waals surface area contributed by atoms with Crippen molar-refractivity contribution in [1.82, 2.24) is 5.32 Å². The molecule has 2 aromatic carbocycles. The number of anilines is 1. The smallest absolute Gasteiger partial charge is 0.251 e. The van der Waals surface area contributed by atoms with Crippen molar-refractivity contribution in [3.05, 3.63) is 59.7 Å². The van der Waals surface area contributed by atoms with Crippen LogP contribution >= 0.6 is 0 Å². The molecule has 1 aliphatic rings. The van der Waals surface area contributed by atoms with Crippen LogP contribution < -0.4 is 15.0 Å². The van der Waals surface area contributed by atoms with Gasteiger partial charge in [-0.25, -0.2) is 0 Å². The Balaban J connectivity index is 1.63. The molecule has 0 unspecified atom stereocenters. The predicted molar refractivity (Wildman–Crippen MR) is 92.4 cm³/mol. The van der Waals surface area contributed by atoms with E-state index in [-0.39, 0.29) is 11.8 Å². The molecule has 3 rings (SSSR count). The van der Waals surface area contributed by atoms with Crippen molar-refractivity contribution in [1.29, 1.82) is 0 Å². The minimum Gasteiger partial charge on any atom is -0.491 e. The molecule has 24 heavy (non-hydrogen) atoms. The van der Waals surface area contributed by atoms with Crippen LogP contribution in [0.3, 0.4) is 0 Å². The maximum atomic E-state index is 12.0. The Bertz CT molecular complexity index is 744. The summed E-state index contributed by atoms with van der Waals surface area (Å²) in [5, 5.41) is 2.91. The predicted octanol–water partition coefficient (Wildman–Crippen LogP) is 2.40. The van der Waals surface area contributed by atoms with Gasteiger partial charge in [-0.3, -0.25) is 9.59 Å². The van der Waals surface area contributed by atoms with Gasteiger partial charge in [-0.15, -0.1) is 0 Å². The van der Waals surface area contributed by atoms with Crippen LogP contribution in [0.4, 0.5) is 5.69 Å². The molecule has 0 radical (unpaired) electrons. The molecule has 5 nitrogen and oxygen atoms in total. The Morgan fingerprint density at radius 3 is 2.79 bits per heavy atom. The average molecular weight is 324 g/mol. The zero-order valence-corrected chi connectivity index (χ0v) is 13.6. The van der Waals surface area contributed by atoms with Gasteiger partial charge in [0, 0.05) is 19.2 Å². The second-order valence-corrected chi connectivity index (χ2v) is 5.73. The van der Waals surface area contributed by atoms with Crippen LogP contribution in [0.15, 0.2) is 48.5 Å². The van der Waals surface area contributed by atoms with Gasteiger partial charge in [0.15, 0.2) is 0 Å². The summed E-state index contributed by atoms with van der Waals surface area (Å²) in [5.41, 5.74) is 2.48. The van der Waals surface area contributed by atoms with Crippen molar-refractivity contribution in [3.63, 3.8) is 0 Å². The van der Waals surface area contributed by atoms with Crippen molar-refractivity contribution >= 4 is 17.5 Å². The molecule has 0 bridgehead atoms. The van der Waals surface area contributed by atoms with E-state index < -0.39 is 0 Å². The van der Waals surface area contributed by atoms with Gasteiger partial charge in [-0.2, -0.15) is 0 Å². The molecule has 5 heteroatoms. The molecular formula is C19H20N2O3. The highest BCUT2D eigenvalue weighted by atomic mass is 16.5. The standard InChI is InChI=1S/C19H20N2O3/c1-21-16-13-14(7-8-17(16)24-12-10-18(21)22)9-11-20-19(23)15-5-3-2-4-6-15/h2-8,13H,9-12H2,1H3,(H,20,23). The maximum absolute atomic E-state index is 12.0. The van der Waals surface area contributed by atoms with Gasteiger partial charge in [0.25, 0.3) is 5.91 Å². The fraction of sp³-hybridized carbons (Fsp3) is 0.263. The molecule has 124 valence electrons. The number of ether oxygens (including phenoxy) is 1. The Morgan fingerprint density at radius 1 is 1.21 bits per heavy atom. The quantitative estimate of drug-likeness (QED) is 0.939. The second-order valence-electron chi connectivity index (χ2n) is 5.73. The highest BCUT2D eigenvalue weighted by Crippen LogP contribution is 2.31. The van der Waals surface area contributed by atoms with Crippen LogP contribution in [0.25, 0.3) is 0 Å². The van der Waals surface area contributed by atoms with E-state index in [0.29, 0.717) is 31.6 Å². The Kier molecular flexibility index (Phi) is 4.79. The number of carbonyl (C=O) groups excluding carboxylic acids is 2. The summed E-state index contributed by atoms with van der Waals surface area (Å²) in [6, 6.07) is 14.9. The molecule has 0 spiro atoms. The van der Waals surface area contributed by atoms with E-state index in [2.05, 4.69) is 5.32 Å². The van der Waals surface area contributed by atoms with Gasteiger partial charge in [0.2, 0.25) is 5.91 Å². The van der Waals surface area contributed by atoms with Crippen molar-refractivity contribution in [3.8, 4) is 5.75 Å². The van der Waals surface area contributed by atoms with Crippen LogP contribution in [-0.4, -0.2) is 32.0 Å². The normalized spacial score (nSPS) is 13.7. The van der Waals surface area contributed by atoms with E-state index in [1.807, 2.05) is 36.4 Å². The van der Waals surface area contributed by atoms with Crippen LogP contribution in [0.2, 0.25) is 0 Å². The molecule has 1 aliphatic heterocycles. The summed E-state index contributed by atoms with van der Waals surface area (Å²) >= 11 is 0. The lowest BCUT2D eigenvalue weighted by molar-refractivity contribution is -0.118. The third-order valence-corrected chi connectivity index (χ3v) is 4.07. The first-order chi connectivity index (χ1) is 11.6. The molecule has 1 heterocycles. The lowest BCUT2D eigenvalue weighted by Gasteiger charge is -2.17. The van der Waals surface area contributed by atoms with Gasteiger partial charge in [0.05, 0.1) is 18.7 Å². The van der Waals surface area contributed by atoms with Gasteiger partial charge in [-0.05, 0) is 36.2 Å². The molecule has 0 atom stereocenters. The van der Waals surface area contributed by atoms with Gasteiger partial charge >= 0.3 is 0 Å². The molecule has 0 fully saturated rings. The first-order valence-electron chi connectivity index (χ1n) is 8.00. The van der Waals surface area contributed by atoms with Crippen molar-refractivity contribution in [2.24, 2.45) is 0 Å².